The van der Waals surface area contributed by atoms with E-state index in [1.54, 1.807) is 6.92 Å². The molecule has 0 radical (unpaired) electrons. The molecule has 134 valence electrons. The number of hydrogen-bond acceptors (Lipinski definition) is 4. The average Bonchev–Trinajstić information content (AvgIpc) is 3.22. The Hall–Kier alpha value is -2.86. The summed E-state index contributed by atoms with van der Waals surface area (Å²) < 4.78 is 1.89. The zero-order chi connectivity index (χ0) is 18.1. The number of benzene rings is 2. The highest BCUT2D eigenvalue weighted by molar-refractivity contribution is 5.96. The van der Waals surface area contributed by atoms with Gasteiger partial charge in [-0.25, -0.2) is 4.98 Å². The minimum Gasteiger partial charge on any atom is -0.392 e. The Morgan fingerprint density at radius 3 is 2.85 bits per heavy atom. The van der Waals surface area contributed by atoms with Crippen LogP contribution in [0.3, 0.4) is 0 Å². The molecule has 0 unspecified atom stereocenters. The predicted octanol–water partition coefficient (Wildman–Crippen LogP) is 2.42. The lowest BCUT2D eigenvalue weighted by Gasteiger charge is -2.19. The molecule has 1 aliphatic heterocycles. The second-order valence-electron chi connectivity index (χ2n) is 6.66. The van der Waals surface area contributed by atoms with Crippen LogP contribution in [0.15, 0.2) is 48.5 Å². The lowest BCUT2D eigenvalue weighted by Crippen LogP contribution is -2.32. The number of rotatable bonds is 5. The third-order valence-electron chi connectivity index (χ3n) is 4.69. The molecule has 0 bridgehead atoms. The summed E-state index contributed by atoms with van der Waals surface area (Å²) >= 11 is 0. The van der Waals surface area contributed by atoms with E-state index in [1.165, 1.54) is 5.56 Å². The van der Waals surface area contributed by atoms with E-state index in [4.69, 9.17) is 0 Å². The number of amides is 1. The van der Waals surface area contributed by atoms with Gasteiger partial charge in [-0.05, 0) is 37.1 Å². The van der Waals surface area contributed by atoms with Gasteiger partial charge in [-0.3, -0.25) is 4.79 Å². The van der Waals surface area contributed by atoms with Crippen LogP contribution in [0.25, 0.3) is 11.0 Å². The molecule has 0 fully saturated rings. The summed E-state index contributed by atoms with van der Waals surface area (Å²) in [5.74, 6) is 0.645. The molecule has 2 aromatic carbocycles. The standard InChI is InChI=1S/C20H22N4O2/c1-14(25)12-21-20-22-16-7-3-5-9-18(16)24(20)13-19(26)23-11-10-15-6-2-4-8-17(15)23/h2-9,14,25H,10-13H2,1H3,(H,21,22)/t14-/m0/s1. The van der Waals surface area contributed by atoms with Crippen molar-refractivity contribution >= 4 is 28.6 Å². The van der Waals surface area contributed by atoms with Gasteiger partial charge in [-0.15, -0.1) is 0 Å². The first-order valence-corrected chi connectivity index (χ1v) is 8.89. The van der Waals surface area contributed by atoms with Crippen molar-refractivity contribution in [3.8, 4) is 0 Å². The molecule has 1 atom stereocenters. The van der Waals surface area contributed by atoms with E-state index in [9.17, 15) is 9.90 Å². The van der Waals surface area contributed by atoms with Crippen molar-refractivity contribution in [3.05, 3.63) is 54.1 Å². The molecule has 0 saturated carbocycles. The lowest BCUT2D eigenvalue weighted by atomic mass is 10.2. The number of aliphatic hydroxyl groups excluding tert-OH is 1. The maximum absolute atomic E-state index is 13.0. The Morgan fingerprint density at radius 1 is 1.23 bits per heavy atom. The minimum absolute atomic E-state index is 0.0400. The molecule has 6 heteroatoms. The zero-order valence-electron chi connectivity index (χ0n) is 14.7. The molecule has 1 aliphatic rings. The summed E-state index contributed by atoms with van der Waals surface area (Å²) in [6, 6.07) is 15.8. The molecular weight excluding hydrogens is 328 g/mol. The molecular formula is C20H22N4O2. The number of hydrogen-bond donors (Lipinski definition) is 2. The minimum atomic E-state index is -0.496. The van der Waals surface area contributed by atoms with E-state index in [0.717, 1.165) is 23.1 Å². The summed E-state index contributed by atoms with van der Waals surface area (Å²) in [7, 11) is 0. The number of aliphatic hydroxyl groups is 1. The fourth-order valence-corrected chi connectivity index (χ4v) is 3.43. The molecule has 4 rings (SSSR count). The number of imidazole rings is 1. The summed E-state index contributed by atoms with van der Waals surface area (Å²) in [4.78, 5) is 19.4. The molecule has 1 aromatic heterocycles. The van der Waals surface area contributed by atoms with Crippen LogP contribution in [0.5, 0.6) is 0 Å². The summed E-state index contributed by atoms with van der Waals surface area (Å²) in [5.41, 5.74) is 3.95. The topological polar surface area (TPSA) is 70.4 Å². The van der Waals surface area contributed by atoms with Gasteiger partial charge < -0.3 is 19.9 Å². The van der Waals surface area contributed by atoms with E-state index in [2.05, 4.69) is 16.4 Å². The van der Waals surface area contributed by atoms with E-state index in [0.29, 0.717) is 19.0 Å². The largest absolute Gasteiger partial charge is 0.392 e. The highest BCUT2D eigenvalue weighted by Gasteiger charge is 2.25. The average molecular weight is 350 g/mol. The van der Waals surface area contributed by atoms with E-state index >= 15 is 0 Å². The number of fused-ring (bicyclic) bond motifs is 2. The molecule has 26 heavy (non-hydrogen) atoms. The third-order valence-corrected chi connectivity index (χ3v) is 4.69. The first-order valence-electron chi connectivity index (χ1n) is 8.89. The summed E-state index contributed by atoms with van der Waals surface area (Å²) in [5, 5.41) is 12.7. The summed E-state index contributed by atoms with van der Waals surface area (Å²) in [6.07, 6.45) is 0.393. The van der Waals surface area contributed by atoms with Gasteiger partial charge in [0.15, 0.2) is 0 Å². The van der Waals surface area contributed by atoms with Crippen LogP contribution in [-0.4, -0.2) is 39.8 Å². The SMILES string of the molecule is C[C@H](O)CNc1nc2ccccc2n1CC(=O)N1CCc2ccccc21. The maximum atomic E-state index is 13.0. The van der Waals surface area contributed by atoms with Crippen LogP contribution in [0, 0.1) is 0 Å². The normalized spacial score (nSPS) is 14.5. The smallest absolute Gasteiger partial charge is 0.247 e. The molecule has 1 amide bonds. The quantitative estimate of drug-likeness (QED) is 0.741. The second kappa shape index (κ2) is 6.80. The number of nitrogens with zero attached hydrogens (tertiary/aromatic N) is 3. The van der Waals surface area contributed by atoms with Gasteiger partial charge in [0.25, 0.3) is 0 Å². The van der Waals surface area contributed by atoms with Gasteiger partial charge >= 0.3 is 0 Å². The van der Waals surface area contributed by atoms with Crippen LogP contribution in [0.2, 0.25) is 0 Å². The monoisotopic (exact) mass is 350 g/mol. The zero-order valence-corrected chi connectivity index (χ0v) is 14.7. The predicted molar refractivity (Wildman–Crippen MR) is 102 cm³/mol. The van der Waals surface area contributed by atoms with Gasteiger partial charge in [0.2, 0.25) is 11.9 Å². The van der Waals surface area contributed by atoms with E-state index in [1.807, 2.05) is 51.9 Å². The van der Waals surface area contributed by atoms with E-state index < -0.39 is 6.10 Å². The highest BCUT2D eigenvalue weighted by Crippen LogP contribution is 2.28. The Morgan fingerprint density at radius 2 is 2.00 bits per heavy atom. The molecule has 2 heterocycles. The molecule has 3 aromatic rings. The van der Waals surface area contributed by atoms with Crippen LogP contribution in [-0.2, 0) is 17.8 Å². The van der Waals surface area contributed by atoms with Crippen molar-refractivity contribution in [1.29, 1.82) is 0 Å². The molecule has 0 saturated heterocycles. The molecule has 6 nitrogen and oxygen atoms in total. The summed E-state index contributed by atoms with van der Waals surface area (Å²) in [6.45, 7) is 3.01. The van der Waals surface area contributed by atoms with Gasteiger partial charge in [0.1, 0.15) is 6.54 Å². The Kier molecular flexibility index (Phi) is 4.34. The fraction of sp³-hybridized carbons (Fsp3) is 0.300. The van der Waals surface area contributed by atoms with Crippen LogP contribution < -0.4 is 10.2 Å². The van der Waals surface area contributed by atoms with Gasteiger partial charge in [0, 0.05) is 18.8 Å². The number of carbonyl (C=O) groups is 1. The van der Waals surface area contributed by atoms with Crippen molar-refractivity contribution in [1.82, 2.24) is 9.55 Å². The maximum Gasteiger partial charge on any atom is 0.247 e. The third kappa shape index (κ3) is 3.04. The Balaban J connectivity index is 1.64. The number of nitrogens with one attached hydrogen (secondary N) is 1. The van der Waals surface area contributed by atoms with Gasteiger partial charge in [-0.2, -0.15) is 0 Å². The van der Waals surface area contributed by atoms with E-state index in [-0.39, 0.29) is 12.5 Å². The fourth-order valence-electron chi connectivity index (χ4n) is 3.43. The molecule has 0 aliphatic carbocycles. The van der Waals surface area contributed by atoms with Crippen molar-refractivity contribution in [2.24, 2.45) is 0 Å². The Bertz CT molecular complexity index is 948. The number of aromatic nitrogens is 2. The Labute approximate surface area is 152 Å². The van der Waals surface area contributed by atoms with Crippen molar-refractivity contribution in [2.75, 3.05) is 23.3 Å². The highest BCUT2D eigenvalue weighted by atomic mass is 16.3. The van der Waals surface area contributed by atoms with Crippen molar-refractivity contribution < 1.29 is 9.90 Å². The van der Waals surface area contributed by atoms with Crippen molar-refractivity contribution in [3.63, 3.8) is 0 Å². The first-order chi connectivity index (χ1) is 12.6. The van der Waals surface area contributed by atoms with Crippen LogP contribution in [0.1, 0.15) is 12.5 Å². The van der Waals surface area contributed by atoms with Gasteiger partial charge in [0.05, 0.1) is 17.1 Å². The second-order valence-corrected chi connectivity index (χ2v) is 6.66. The van der Waals surface area contributed by atoms with Crippen LogP contribution >= 0.6 is 0 Å². The molecule has 0 spiro atoms. The van der Waals surface area contributed by atoms with Crippen molar-refractivity contribution in [2.45, 2.75) is 26.0 Å². The molecule has 2 N–H and O–H groups in total. The van der Waals surface area contributed by atoms with Crippen LogP contribution in [0.4, 0.5) is 11.6 Å². The lowest BCUT2D eigenvalue weighted by molar-refractivity contribution is -0.119. The first kappa shape index (κ1) is 16.6. The number of carbonyl (C=O) groups excluding carboxylic acids is 1. The number of anilines is 2. The van der Waals surface area contributed by atoms with Gasteiger partial charge in [-0.1, -0.05) is 30.3 Å². The number of para-hydroxylation sites is 3.